The maximum atomic E-state index is 4.21. The second-order valence-corrected chi connectivity index (χ2v) is 3.16. The fraction of sp³-hybridized carbons (Fsp3) is 0.250. The Kier molecular flexibility index (Phi) is 1.11. The van der Waals surface area contributed by atoms with Gasteiger partial charge in [0, 0.05) is 12.3 Å². The predicted octanol–water partition coefficient (Wildman–Crippen LogP) is 1.03. The van der Waals surface area contributed by atoms with Gasteiger partial charge in [-0.15, -0.1) is 0 Å². The van der Waals surface area contributed by atoms with Crippen molar-refractivity contribution in [1.29, 1.82) is 0 Å². The zero-order chi connectivity index (χ0) is 7.90. The first-order chi connectivity index (χ1) is 5.20. The third-order valence-electron chi connectivity index (χ3n) is 1.89. The molecule has 0 saturated heterocycles. The van der Waals surface area contributed by atoms with Crippen LogP contribution in [0.2, 0.25) is 0 Å². The van der Waals surface area contributed by atoms with Gasteiger partial charge in [-0.25, -0.2) is 4.98 Å². The van der Waals surface area contributed by atoms with Crippen LogP contribution in [0, 0.1) is 0 Å². The Labute approximate surface area is 65.6 Å². The van der Waals surface area contributed by atoms with Gasteiger partial charge in [-0.1, -0.05) is 0 Å². The van der Waals surface area contributed by atoms with Crippen LogP contribution in [0.15, 0.2) is 18.7 Å². The molecule has 0 radical (unpaired) electrons. The van der Waals surface area contributed by atoms with E-state index < -0.39 is 0 Å². The van der Waals surface area contributed by atoms with Crippen LogP contribution in [0.1, 0.15) is 5.56 Å². The molecule has 56 valence electrons. The van der Waals surface area contributed by atoms with Gasteiger partial charge in [0.1, 0.15) is 12.5 Å². The molecule has 0 unspecified atom stereocenters. The molecule has 1 aromatic rings. The maximum absolute atomic E-state index is 4.21. The van der Waals surface area contributed by atoms with E-state index in [1.54, 1.807) is 6.33 Å². The summed E-state index contributed by atoms with van der Waals surface area (Å²) in [5.41, 5.74) is 1.12. The van der Waals surface area contributed by atoms with Gasteiger partial charge in [-0.05, 0) is 0 Å². The van der Waals surface area contributed by atoms with E-state index in [9.17, 15) is 0 Å². The lowest BCUT2D eigenvalue weighted by atomic mass is 10.3. The van der Waals surface area contributed by atoms with Crippen LogP contribution < -0.4 is 4.48 Å². The molecule has 11 heavy (non-hydrogen) atoms. The normalized spacial score (nSPS) is 18.4. The van der Waals surface area contributed by atoms with Crippen molar-refractivity contribution in [2.75, 3.05) is 14.1 Å². The van der Waals surface area contributed by atoms with E-state index in [1.807, 2.05) is 6.20 Å². The Morgan fingerprint density at radius 3 is 2.91 bits per heavy atom. The lowest BCUT2D eigenvalue weighted by Crippen LogP contribution is -2.32. The van der Waals surface area contributed by atoms with Crippen LogP contribution in [0.25, 0.3) is 6.08 Å². The molecule has 0 spiro atoms. The fourth-order valence-electron chi connectivity index (χ4n) is 1.27. The molecule has 1 aromatic heterocycles. The van der Waals surface area contributed by atoms with E-state index >= 15 is 0 Å². The third kappa shape index (κ3) is 0.851. The molecule has 0 atom stereocenters. The lowest BCUT2D eigenvalue weighted by Gasteiger charge is -2.18. The number of quaternary nitrogens is 1. The quantitative estimate of drug-likeness (QED) is 0.513. The van der Waals surface area contributed by atoms with Crippen molar-refractivity contribution in [3.63, 3.8) is 0 Å². The molecule has 0 bridgehead atoms. The average Bonchev–Trinajstić information content (AvgIpc) is 2.29. The second-order valence-electron chi connectivity index (χ2n) is 3.16. The van der Waals surface area contributed by atoms with Gasteiger partial charge in [-0.3, -0.25) is 4.48 Å². The molecule has 0 fully saturated rings. The smallest absolute Gasteiger partial charge is 0.242 e. The third-order valence-corrected chi connectivity index (χ3v) is 1.89. The van der Waals surface area contributed by atoms with Crippen molar-refractivity contribution < 1.29 is 0 Å². The Morgan fingerprint density at radius 1 is 1.36 bits per heavy atom. The van der Waals surface area contributed by atoms with Crippen molar-refractivity contribution in [1.82, 2.24) is 14.5 Å². The first-order valence-electron chi connectivity index (χ1n) is 3.54. The highest BCUT2D eigenvalue weighted by atomic mass is 15.3. The highest BCUT2D eigenvalue weighted by Crippen LogP contribution is 2.28. The van der Waals surface area contributed by atoms with Crippen LogP contribution in [-0.2, 0) is 0 Å². The minimum absolute atomic E-state index is 0.720. The zero-order valence-electron chi connectivity index (χ0n) is 6.65. The predicted molar refractivity (Wildman–Crippen MR) is 44.7 cm³/mol. The lowest BCUT2D eigenvalue weighted by molar-refractivity contribution is 0.535. The molecule has 3 nitrogen and oxygen atoms in total. The number of rotatable bonds is 0. The van der Waals surface area contributed by atoms with E-state index in [4.69, 9.17) is 0 Å². The minimum Gasteiger partial charge on any atom is -0.253 e. The molecule has 2 heterocycles. The molecule has 0 saturated carbocycles. The average molecular weight is 148 g/mol. The first-order valence-corrected chi connectivity index (χ1v) is 3.54. The largest absolute Gasteiger partial charge is 0.253 e. The van der Waals surface area contributed by atoms with E-state index in [2.05, 4.69) is 36.3 Å². The number of hydrogen-bond donors (Lipinski definition) is 0. The Morgan fingerprint density at radius 2 is 2.18 bits per heavy atom. The van der Waals surface area contributed by atoms with Crippen molar-refractivity contribution in [2.24, 2.45) is 0 Å². The summed E-state index contributed by atoms with van der Waals surface area (Å²) in [5, 5.41) is 0. The van der Waals surface area contributed by atoms with Gasteiger partial charge >= 0.3 is 0 Å². The molecule has 0 amide bonds. The van der Waals surface area contributed by atoms with Gasteiger partial charge in [-0.2, -0.15) is 4.98 Å². The van der Waals surface area contributed by atoms with Crippen molar-refractivity contribution in [3.8, 4) is 0 Å². The van der Waals surface area contributed by atoms with Crippen molar-refractivity contribution >= 4 is 11.9 Å². The van der Waals surface area contributed by atoms with Crippen LogP contribution >= 0.6 is 0 Å². The van der Waals surface area contributed by atoms with E-state index in [0.29, 0.717) is 0 Å². The summed E-state index contributed by atoms with van der Waals surface area (Å²) in [5.74, 6) is 1.07. The van der Waals surface area contributed by atoms with E-state index in [1.165, 1.54) is 0 Å². The second kappa shape index (κ2) is 1.89. The van der Waals surface area contributed by atoms with E-state index in [0.717, 1.165) is 15.9 Å². The van der Waals surface area contributed by atoms with Gasteiger partial charge in [0.25, 0.3) is 0 Å². The Balaban J connectivity index is 2.64. The topological polar surface area (TPSA) is 25.8 Å². The van der Waals surface area contributed by atoms with Crippen LogP contribution in [0.3, 0.4) is 0 Å². The van der Waals surface area contributed by atoms with Crippen LogP contribution in [0.5, 0.6) is 0 Å². The van der Waals surface area contributed by atoms with Crippen LogP contribution in [0.4, 0.5) is 5.82 Å². The van der Waals surface area contributed by atoms with Crippen molar-refractivity contribution in [2.45, 2.75) is 0 Å². The molecule has 3 heteroatoms. The molecule has 0 aliphatic carbocycles. The Bertz CT molecular complexity index is 315. The zero-order valence-corrected chi connectivity index (χ0v) is 6.65. The highest BCUT2D eigenvalue weighted by Gasteiger charge is 2.26. The van der Waals surface area contributed by atoms with Gasteiger partial charge in [0.2, 0.25) is 5.82 Å². The molecular formula is C8H10N3+. The molecular weight excluding hydrogens is 138 g/mol. The molecule has 1 aliphatic heterocycles. The summed E-state index contributed by atoms with van der Waals surface area (Å²) in [4.78, 5) is 8.16. The Hall–Kier alpha value is -1.22. The van der Waals surface area contributed by atoms with Crippen molar-refractivity contribution in [3.05, 3.63) is 24.3 Å². The first kappa shape index (κ1) is 6.49. The van der Waals surface area contributed by atoms with Gasteiger partial charge in [0.15, 0.2) is 0 Å². The monoisotopic (exact) mass is 148 g/mol. The molecule has 1 aliphatic rings. The molecule has 0 N–H and O–H groups in total. The van der Waals surface area contributed by atoms with Crippen LogP contribution in [-0.4, -0.2) is 24.1 Å². The fourth-order valence-corrected chi connectivity index (χ4v) is 1.27. The summed E-state index contributed by atoms with van der Waals surface area (Å²) >= 11 is 0. The summed E-state index contributed by atoms with van der Waals surface area (Å²) in [6.07, 6.45) is 7.58. The van der Waals surface area contributed by atoms with E-state index in [-0.39, 0.29) is 0 Å². The number of fused-ring (bicyclic) bond motifs is 1. The summed E-state index contributed by atoms with van der Waals surface area (Å²) in [6, 6.07) is 0. The van der Waals surface area contributed by atoms with Gasteiger partial charge < -0.3 is 0 Å². The molecule has 0 aromatic carbocycles. The summed E-state index contributed by atoms with van der Waals surface area (Å²) < 4.78 is 0.720. The highest BCUT2D eigenvalue weighted by molar-refractivity contribution is 5.68. The summed E-state index contributed by atoms with van der Waals surface area (Å²) in [6.45, 7) is 0. The maximum Gasteiger partial charge on any atom is 0.242 e. The number of nitrogens with zero attached hydrogens (tertiary/aromatic N) is 3. The molecule has 2 rings (SSSR count). The minimum atomic E-state index is 0.720. The number of aromatic nitrogens is 2. The number of hydrogen-bond acceptors (Lipinski definition) is 2. The summed E-state index contributed by atoms with van der Waals surface area (Å²) in [7, 11) is 4.19. The SMILES string of the molecule is C[N+]1(C)C=Cc2cncnc21. The van der Waals surface area contributed by atoms with Gasteiger partial charge in [0.05, 0.1) is 19.7 Å². The standard InChI is InChI=1S/C8H10N3/c1-11(2)4-3-7-5-9-6-10-8(7)11/h3-6H,1-2H3/q+1.